The molecular formula is C15H14N2O. The Hall–Kier alpha value is -2.29. The standard InChI is InChI=1S/C15H14N2O/c1-12-15-14(8-5-9-17(15)11-16-12)18-10-13-6-3-2-4-7-13/h2-9,11H,10H2,1H3. The fourth-order valence-electron chi connectivity index (χ4n) is 2.03. The van der Waals surface area contributed by atoms with E-state index < -0.39 is 0 Å². The van der Waals surface area contributed by atoms with Crippen molar-refractivity contribution in [1.82, 2.24) is 9.38 Å². The van der Waals surface area contributed by atoms with E-state index in [1.165, 1.54) is 0 Å². The van der Waals surface area contributed by atoms with Crippen LogP contribution in [0.2, 0.25) is 0 Å². The van der Waals surface area contributed by atoms with Gasteiger partial charge in [-0.25, -0.2) is 4.98 Å². The molecule has 0 saturated heterocycles. The Morgan fingerprint density at radius 1 is 1.11 bits per heavy atom. The molecule has 3 rings (SSSR count). The average molecular weight is 238 g/mol. The molecule has 0 radical (unpaired) electrons. The van der Waals surface area contributed by atoms with Crippen molar-refractivity contribution in [3.63, 3.8) is 0 Å². The summed E-state index contributed by atoms with van der Waals surface area (Å²) >= 11 is 0. The summed E-state index contributed by atoms with van der Waals surface area (Å²) in [6.07, 6.45) is 3.78. The first-order valence-electron chi connectivity index (χ1n) is 5.93. The van der Waals surface area contributed by atoms with E-state index in [0.717, 1.165) is 22.5 Å². The largest absolute Gasteiger partial charge is 0.487 e. The SMILES string of the molecule is Cc1ncn2cccc(OCc3ccccc3)c12. The molecule has 0 spiro atoms. The molecule has 3 nitrogen and oxygen atoms in total. The van der Waals surface area contributed by atoms with Crippen molar-refractivity contribution in [2.24, 2.45) is 0 Å². The molecule has 18 heavy (non-hydrogen) atoms. The lowest BCUT2D eigenvalue weighted by molar-refractivity contribution is 0.308. The van der Waals surface area contributed by atoms with Gasteiger partial charge in [0.25, 0.3) is 0 Å². The fourth-order valence-corrected chi connectivity index (χ4v) is 2.03. The number of imidazole rings is 1. The Balaban J connectivity index is 1.89. The van der Waals surface area contributed by atoms with Crippen LogP contribution in [0.5, 0.6) is 5.75 Å². The third-order valence-electron chi connectivity index (χ3n) is 2.94. The van der Waals surface area contributed by atoms with Gasteiger partial charge in [0, 0.05) is 6.20 Å². The molecule has 0 aliphatic carbocycles. The van der Waals surface area contributed by atoms with Gasteiger partial charge in [-0.05, 0) is 24.6 Å². The first-order chi connectivity index (χ1) is 8.84. The number of benzene rings is 1. The summed E-state index contributed by atoms with van der Waals surface area (Å²) < 4.78 is 7.87. The maximum atomic E-state index is 5.88. The Labute approximate surface area is 106 Å². The van der Waals surface area contributed by atoms with Gasteiger partial charge in [-0.2, -0.15) is 0 Å². The van der Waals surface area contributed by atoms with Crippen molar-refractivity contribution in [2.45, 2.75) is 13.5 Å². The summed E-state index contributed by atoms with van der Waals surface area (Å²) in [6, 6.07) is 14.1. The van der Waals surface area contributed by atoms with Gasteiger partial charge in [-0.1, -0.05) is 30.3 Å². The second-order valence-corrected chi connectivity index (χ2v) is 4.23. The molecule has 0 amide bonds. The van der Waals surface area contributed by atoms with Crippen LogP contribution in [0.3, 0.4) is 0 Å². The average Bonchev–Trinajstić information content (AvgIpc) is 2.80. The third kappa shape index (κ3) is 1.95. The van der Waals surface area contributed by atoms with E-state index in [-0.39, 0.29) is 0 Å². The number of hydrogen-bond donors (Lipinski definition) is 0. The van der Waals surface area contributed by atoms with Crippen LogP contribution in [-0.4, -0.2) is 9.38 Å². The predicted molar refractivity (Wildman–Crippen MR) is 70.7 cm³/mol. The third-order valence-corrected chi connectivity index (χ3v) is 2.94. The smallest absolute Gasteiger partial charge is 0.145 e. The number of ether oxygens (including phenoxy) is 1. The van der Waals surface area contributed by atoms with E-state index in [1.807, 2.05) is 47.9 Å². The zero-order valence-electron chi connectivity index (χ0n) is 10.2. The Morgan fingerprint density at radius 3 is 2.78 bits per heavy atom. The second kappa shape index (κ2) is 4.53. The van der Waals surface area contributed by atoms with E-state index >= 15 is 0 Å². The van der Waals surface area contributed by atoms with Gasteiger partial charge in [-0.3, -0.25) is 0 Å². The molecule has 0 N–H and O–H groups in total. The lowest BCUT2D eigenvalue weighted by atomic mass is 10.2. The molecule has 0 aliphatic heterocycles. The minimum absolute atomic E-state index is 0.575. The fraction of sp³-hybridized carbons (Fsp3) is 0.133. The summed E-state index contributed by atoms with van der Waals surface area (Å²) in [5.74, 6) is 0.872. The maximum absolute atomic E-state index is 5.88. The number of fused-ring (bicyclic) bond motifs is 1. The highest BCUT2D eigenvalue weighted by Crippen LogP contribution is 2.23. The summed E-state index contributed by atoms with van der Waals surface area (Å²) in [6.45, 7) is 2.57. The first-order valence-corrected chi connectivity index (χ1v) is 5.93. The van der Waals surface area contributed by atoms with Crippen LogP contribution in [0.4, 0.5) is 0 Å². The lowest BCUT2D eigenvalue weighted by Crippen LogP contribution is -1.97. The molecule has 0 fully saturated rings. The van der Waals surface area contributed by atoms with Crippen LogP contribution < -0.4 is 4.74 Å². The summed E-state index contributed by atoms with van der Waals surface area (Å²) in [7, 11) is 0. The summed E-state index contributed by atoms with van der Waals surface area (Å²) in [5.41, 5.74) is 3.18. The number of pyridine rings is 1. The molecule has 0 aliphatic rings. The molecule has 0 bridgehead atoms. The molecule has 2 aromatic heterocycles. The van der Waals surface area contributed by atoms with Crippen molar-refractivity contribution in [1.29, 1.82) is 0 Å². The Kier molecular flexibility index (Phi) is 2.73. The van der Waals surface area contributed by atoms with E-state index in [0.29, 0.717) is 6.61 Å². The highest BCUT2D eigenvalue weighted by atomic mass is 16.5. The predicted octanol–water partition coefficient (Wildman–Crippen LogP) is 3.22. The van der Waals surface area contributed by atoms with Gasteiger partial charge in [-0.15, -0.1) is 0 Å². The first kappa shape index (κ1) is 10.8. The number of aromatic nitrogens is 2. The molecule has 90 valence electrons. The molecule has 0 unspecified atom stereocenters. The topological polar surface area (TPSA) is 26.5 Å². The normalized spacial score (nSPS) is 10.7. The zero-order chi connectivity index (χ0) is 12.4. The number of nitrogens with zero attached hydrogens (tertiary/aromatic N) is 2. The van der Waals surface area contributed by atoms with Crippen LogP contribution in [-0.2, 0) is 6.61 Å². The minimum Gasteiger partial charge on any atom is -0.487 e. The summed E-state index contributed by atoms with van der Waals surface area (Å²) in [5, 5.41) is 0. The highest BCUT2D eigenvalue weighted by Gasteiger charge is 2.06. The van der Waals surface area contributed by atoms with E-state index in [9.17, 15) is 0 Å². The number of hydrogen-bond acceptors (Lipinski definition) is 2. The van der Waals surface area contributed by atoms with Gasteiger partial charge in [0.1, 0.15) is 17.9 Å². The quantitative estimate of drug-likeness (QED) is 0.700. The monoisotopic (exact) mass is 238 g/mol. The van der Waals surface area contributed by atoms with Crippen molar-refractivity contribution < 1.29 is 4.74 Å². The lowest BCUT2D eigenvalue weighted by Gasteiger charge is -2.08. The molecular weight excluding hydrogens is 224 g/mol. The van der Waals surface area contributed by atoms with Crippen LogP contribution >= 0.6 is 0 Å². The van der Waals surface area contributed by atoms with E-state index in [1.54, 1.807) is 6.33 Å². The zero-order valence-corrected chi connectivity index (χ0v) is 10.2. The van der Waals surface area contributed by atoms with Crippen molar-refractivity contribution in [3.05, 3.63) is 66.2 Å². The number of aryl methyl sites for hydroxylation is 1. The number of rotatable bonds is 3. The van der Waals surface area contributed by atoms with Gasteiger partial charge in [0.15, 0.2) is 0 Å². The van der Waals surface area contributed by atoms with Crippen molar-refractivity contribution >= 4 is 5.52 Å². The molecule has 1 aromatic carbocycles. The van der Waals surface area contributed by atoms with Crippen molar-refractivity contribution in [3.8, 4) is 5.75 Å². The molecule has 3 heteroatoms. The van der Waals surface area contributed by atoms with Crippen LogP contribution in [0.15, 0.2) is 55.0 Å². The molecule has 0 atom stereocenters. The van der Waals surface area contributed by atoms with Gasteiger partial charge < -0.3 is 9.14 Å². The molecule has 3 aromatic rings. The van der Waals surface area contributed by atoms with Crippen LogP contribution in [0, 0.1) is 6.92 Å². The Morgan fingerprint density at radius 2 is 1.94 bits per heavy atom. The van der Waals surface area contributed by atoms with Gasteiger partial charge in [0.2, 0.25) is 0 Å². The van der Waals surface area contributed by atoms with Crippen LogP contribution in [0.1, 0.15) is 11.3 Å². The van der Waals surface area contributed by atoms with Crippen molar-refractivity contribution in [2.75, 3.05) is 0 Å². The maximum Gasteiger partial charge on any atom is 0.145 e. The van der Waals surface area contributed by atoms with Gasteiger partial charge >= 0.3 is 0 Å². The van der Waals surface area contributed by atoms with Gasteiger partial charge in [0.05, 0.1) is 12.0 Å². The Bertz CT molecular complexity index is 659. The molecule has 0 saturated carbocycles. The highest BCUT2D eigenvalue weighted by molar-refractivity contribution is 5.63. The van der Waals surface area contributed by atoms with E-state index in [4.69, 9.17) is 4.74 Å². The summed E-state index contributed by atoms with van der Waals surface area (Å²) in [4.78, 5) is 4.29. The molecule has 2 heterocycles. The van der Waals surface area contributed by atoms with Crippen LogP contribution in [0.25, 0.3) is 5.52 Å². The van der Waals surface area contributed by atoms with E-state index in [2.05, 4.69) is 17.1 Å². The minimum atomic E-state index is 0.575. The second-order valence-electron chi connectivity index (χ2n) is 4.23.